The van der Waals surface area contributed by atoms with Gasteiger partial charge in [0, 0.05) is 10.4 Å². The summed E-state index contributed by atoms with van der Waals surface area (Å²) in [5.74, 6) is 0.995. The van der Waals surface area contributed by atoms with Crippen LogP contribution in [0.15, 0.2) is 23.1 Å². The Balaban J connectivity index is 2.27. The van der Waals surface area contributed by atoms with Crippen LogP contribution in [0.5, 0.6) is 0 Å². The number of nitrogens with zero attached hydrogens (tertiary/aromatic N) is 1. The maximum Gasteiger partial charge on any atom is 0.102 e. The molecule has 1 aromatic carbocycles. The summed E-state index contributed by atoms with van der Waals surface area (Å²) in [4.78, 5) is 1.09. The molecule has 1 saturated carbocycles. The molecule has 0 bridgehead atoms. The molecule has 90 valence electrons. The van der Waals surface area contributed by atoms with Crippen LogP contribution in [0.4, 0.5) is 5.69 Å². The average molecular weight is 246 g/mol. The van der Waals surface area contributed by atoms with Gasteiger partial charge in [-0.05, 0) is 44.1 Å². The van der Waals surface area contributed by atoms with E-state index < -0.39 is 0 Å². The van der Waals surface area contributed by atoms with E-state index in [4.69, 9.17) is 0 Å². The van der Waals surface area contributed by atoms with Crippen LogP contribution in [0.3, 0.4) is 0 Å². The highest BCUT2D eigenvalue weighted by atomic mass is 32.2. The first kappa shape index (κ1) is 12.3. The van der Waals surface area contributed by atoms with Crippen molar-refractivity contribution in [1.29, 1.82) is 5.26 Å². The Morgan fingerprint density at radius 1 is 1.47 bits per heavy atom. The van der Waals surface area contributed by atoms with Crippen LogP contribution < -0.4 is 5.32 Å². The smallest absolute Gasteiger partial charge is 0.102 e. The number of rotatable bonds is 4. The predicted octanol–water partition coefficient (Wildman–Crippen LogP) is 4.02. The predicted molar refractivity (Wildman–Crippen MR) is 73.4 cm³/mol. The van der Waals surface area contributed by atoms with Gasteiger partial charge >= 0.3 is 0 Å². The third kappa shape index (κ3) is 2.58. The molecule has 0 radical (unpaired) electrons. The van der Waals surface area contributed by atoms with E-state index in [2.05, 4.69) is 25.2 Å². The highest BCUT2D eigenvalue weighted by Gasteiger charge is 2.32. The molecule has 1 aliphatic rings. The van der Waals surface area contributed by atoms with E-state index in [-0.39, 0.29) is 5.54 Å². The molecule has 0 aliphatic heterocycles. The largest absolute Gasteiger partial charge is 0.379 e. The van der Waals surface area contributed by atoms with Crippen molar-refractivity contribution in [2.45, 2.75) is 43.5 Å². The lowest BCUT2D eigenvalue weighted by Crippen LogP contribution is -2.41. The molecule has 0 unspecified atom stereocenters. The highest BCUT2D eigenvalue weighted by molar-refractivity contribution is 7.99. The SMILES string of the molecule is CCSc1cccc(NC2(C)CCC2)c1C#N. The lowest BCUT2D eigenvalue weighted by molar-refractivity contribution is 0.306. The summed E-state index contributed by atoms with van der Waals surface area (Å²) in [6, 6.07) is 8.41. The number of nitriles is 1. The van der Waals surface area contributed by atoms with Gasteiger partial charge in [0.15, 0.2) is 0 Å². The van der Waals surface area contributed by atoms with Gasteiger partial charge in [-0.15, -0.1) is 11.8 Å². The third-order valence-corrected chi connectivity index (χ3v) is 4.27. The van der Waals surface area contributed by atoms with Crippen molar-refractivity contribution >= 4 is 17.4 Å². The van der Waals surface area contributed by atoms with Gasteiger partial charge in [-0.25, -0.2) is 0 Å². The molecule has 0 spiro atoms. The summed E-state index contributed by atoms with van der Waals surface area (Å²) >= 11 is 1.73. The first-order valence-electron chi connectivity index (χ1n) is 6.12. The van der Waals surface area contributed by atoms with Crippen LogP contribution in [0.25, 0.3) is 0 Å². The van der Waals surface area contributed by atoms with E-state index in [9.17, 15) is 5.26 Å². The van der Waals surface area contributed by atoms with Gasteiger partial charge in [0.1, 0.15) is 6.07 Å². The topological polar surface area (TPSA) is 35.8 Å². The van der Waals surface area contributed by atoms with Gasteiger partial charge in [-0.2, -0.15) is 5.26 Å². The molecule has 0 heterocycles. The molecule has 0 atom stereocenters. The zero-order valence-electron chi connectivity index (χ0n) is 10.4. The van der Waals surface area contributed by atoms with Crippen molar-refractivity contribution < 1.29 is 0 Å². The summed E-state index contributed by atoms with van der Waals surface area (Å²) in [7, 11) is 0. The lowest BCUT2D eigenvalue weighted by Gasteiger charge is -2.40. The van der Waals surface area contributed by atoms with Crippen LogP contribution in [0, 0.1) is 11.3 Å². The molecular weight excluding hydrogens is 228 g/mol. The molecule has 1 aromatic rings. The number of thioether (sulfide) groups is 1. The van der Waals surface area contributed by atoms with Gasteiger partial charge in [0.05, 0.1) is 11.3 Å². The minimum absolute atomic E-state index is 0.196. The molecule has 2 nitrogen and oxygen atoms in total. The Kier molecular flexibility index (Phi) is 3.63. The normalized spacial score (nSPS) is 17.0. The standard InChI is InChI=1S/C14H18N2S/c1-3-17-13-7-4-6-12(11(13)10-15)16-14(2)8-5-9-14/h4,6-7,16H,3,5,8-9H2,1-2H3. The van der Waals surface area contributed by atoms with Crippen molar-refractivity contribution in [3.05, 3.63) is 23.8 Å². The van der Waals surface area contributed by atoms with Crippen LogP contribution in [-0.2, 0) is 0 Å². The van der Waals surface area contributed by atoms with Gasteiger partial charge in [-0.1, -0.05) is 13.0 Å². The Morgan fingerprint density at radius 2 is 2.24 bits per heavy atom. The fourth-order valence-electron chi connectivity index (χ4n) is 2.18. The molecule has 2 rings (SSSR count). The molecule has 0 amide bonds. The van der Waals surface area contributed by atoms with Crippen molar-refractivity contribution in [1.82, 2.24) is 0 Å². The average Bonchev–Trinajstić information content (AvgIpc) is 2.28. The number of nitrogens with one attached hydrogen (secondary N) is 1. The van der Waals surface area contributed by atoms with Gasteiger partial charge in [0.25, 0.3) is 0 Å². The Bertz CT molecular complexity index is 444. The molecule has 1 aliphatic carbocycles. The fourth-order valence-corrected chi connectivity index (χ4v) is 2.97. The minimum atomic E-state index is 0.196. The Labute approximate surface area is 107 Å². The number of hydrogen-bond donors (Lipinski definition) is 1. The maximum atomic E-state index is 9.31. The molecule has 17 heavy (non-hydrogen) atoms. The van der Waals surface area contributed by atoms with Crippen LogP contribution in [-0.4, -0.2) is 11.3 Å². The summed E-state index contributed by atoms with van der Waals surface area (Å²) in [5, 5.41) is 12.8. The van der Waals surface area contributed by atoms with E-state index in [1.165, 1.54) is 19.3 Å². The van der Waals surface area contributed by atoms with Crippen molar-refractivity contribution in [3.8, 4) is 6.07 Å². The number of hydrogen-bond acceptors (Lipinski definition) is 3. The first-order valence-corrected chi connectivity index (χ1v) is 7.11. The minimum Gasteiger partial charge on any atom is -0.379 e. The Hall–Kier alpha value is -1.14. The van der Waals surface area contributed by atoms with Crippen molar-refractivity contribution in [3.63, 3.8) is 0 Å². The number of benzene rings is 1. The number of anilines is 1. The van der Waals surface area contributed by atoms with E-state index >= 15 is 0 Å². The highest BCUT2D eigenvalue weighted by Crippen LogP contribution is 2.37. The molecule has 0 saturated heterocycles. The summed E-state index contributed by atoms with van der Waals surface area (Å²) in [6.45, 7) is 4.34. The van der Waals surface area contributed by atoms with Crippen molar-refractivity contribution in [2.24, 2.45) is 0 Å². The quantitative estimate of drug-likeness (QED) is 0.815. The first-order chi connectivity index (χ1) is 8.18. The maximum absolute atomic E-state index is 9.31. The van der Waals surface area contributed by atoms with Crippen LogP contribution >= 0.6 is 11.8 Å². The molecule has 1 N–H and O–H groups in total. The van der Waals surface area contributed by atoms with Gasteiger partial charge in [-0.3, -0.25) is 0 Å². The van der Waals surface area contributed by atoms with E-state index in [1.54, 1.807) is 11.8 Å². The van der Waals surface area contributed by atoms with Crippen molar-refractivity contribution in [2.75, 3.05) is 11.1 Å². The van der Waals surface area contributed by atoms with E-state index in [0.29, 0.717) is 0 Å². The molecular formula is C14H18N2S. The fraction of sp³-hybridized carbons (Fsp3) is 0.500. The summed E-state index contributed by atoms with van der Waals surface area (Å²) < 4.78 is 0. The molecule has 3 heteroatoms. The monoisotopic (exact) mass is 246 g/mol. The summed E-state index contributed by atoms with van der Waals surface area (Å²) in [5.41, 5.74) is 1.99. The molecule has 0 aromatic heterocycles. The zero-order valence-corrected chi connectivity index (χ0v) is 11.2. The third-order valence-electron chi connectivity index (χ3n) is 3.33. The Morgan fingerprint density at radius 3 is 2.76 bits per heavy atom. The zero-order chi connectivity index (χ0) is 12.3. The van der Waals surface area contributed by atoms with E-state index in [1.807, 2.05) is 18.2 Å². The van der Waals surface area contributed by atoms with Crippen LogP contribution in [0.2, 0.25) is 0 Å². The summed E-state index contributed by atoms with van der Waals surface area (Å²) in [6.07, 6.45) is 3.68. The second kappa shape index (κ2) is 5.01. The van der Waals surface area contributed by atoms with E-state index in [0.717, 1.165) is 21.9 Å². The lowest BCUT2D eigenvalue weighted by atomic mass is 9.78. The molecule has 1 fully saturated rings. The van der Waals surface area contributed by atoms with Gasteiger partial charge < -0.3 is 5.32 Å². The van der Waals surface area contributed by atoms with Gasteiger partial charge in [0.2, 0.25) is 0 Å². The van der Waals surface area contributed by atoms with Crippen LogP contribution in [0.1, 0.15) is 38.7 Å². The second-order valence-corrected chi connectivity index (χ2v) is 6.07. The second-order valence-electron chi connectivity index (χ2n) is 4.76.